The number of hydrogen-bond acceptors (Lipinski definition) is 3. The van der Waals surface area contributed by atoms with Crippen LogP contribution in [0.2, 0.25) is 0 Å². The third-order valence-corrected chi connectivity index (χ3v) is 2.43. The molecule has 0 saturated heterocycles. The Bertz CT molecular complexity index is 273. The predicted molar refractivity (Wildman–Crippen MR) is 45.7 cm³/mol. The van der Waals surface area contributed by atoms with Crippen LogP contribution in [0.4, 0.5) is 0 Å². The smallest absolute Gasteiger partial charge is 0.211 e. The Morgan fingerprint density at radius 3 is 3.09 bits per heavy atom. The Morgan fingerprint density at radius 1 is 1.73 bits per heavy atom. The van der Waals surface area contributed by atoms with Gasteiger partial charge in [-0.3, -0.25) is 0 Å². The van der Waals surface area contributed by atoms with Crippen LogP contribution in [0.5, 0.6) is 0 Å². The first-order valence-electron chi connectivity index (χ1n) is 3.40. The average molecular weight is 167 g/mol. The molecule has 0 aliphatic carbocycles. The third kappa shape index (κ3) is 2.66. The van der Waals surface area contributed by atoms with E-state index in [1.165, 1.54) is 16.5 Å². The lowest BCUT2D eigenvalue weighted by Gasteiger charge is -1.87. The highest BCUT2D eigenvalue weighted by Crippen LogP contribution is 2.13. The van der Waals surface area contributed by atoms with E-state index in [9.17, 15) is 4.79 Å². The molecule has 0 aliphatic rings. The molecule has 11 heavy (non-hydrogen) atoms. The molecule has 0 unspecified atom stereocenters. The van der Waals surface area contributed by atoms with Crippen LogP contribution in [0, 0.1) is 6.92 Å². The first kappa shape index (κ1) is 8.18. The Balaban J connectivity index is 2.44. The molecule has 1 heterocycles. The van der Waals surface area contributed by atoms with Gasteiger partial charge in [0.05, 0.1) is 6.54 Å². The van der Waals surface area contributed by atoms with Crippen LogP contribution in [0.15, 0.2) is 16.4 Å². The van der Waals surface area contributed by atoms with Crippen LogP contribution in [0.1, 0.15) is 10.4 Å². The number of rotatable bonds is 3. The molecular weight excluding hydrogens is 158 g/mol. The summed E-state index contributed by atoms with van der Waals surface area (Å²) in [5, 5.41) is 2.10. The van der Waals surface area contributed by atoms with Gasteiger partial charge in [-0.25, -0.2) is 9.79 Å². The van der Waals surface area contributed by atoms with Crippen molar-refractivity contribution in [3.63, 3.8) is 0 Å². The Morgan fingerprint density at radius 2 is 2.55 bits per heavy atom. The highest BCUT2D eigenvalue weighted by atomic mass is 32.1. The molecule has 0 amide bonds. The van der Waals surface area contributed by atoms with E-state index in [0.717, 1.165) is 6.42 Å². The first-order chi connectivity index (χ1) is 5.33. The lowest BCUT2D eigenvalue weighted by atomic mass is 10.3. The molecule has 58 valence electrons. The molecular formula is C8H9NOS. The molecule has 2 nitrogen and oxygen atoms in total. The molecule has 0 aromatic carbocycles. The fraction of sp³-hybridized carbons (Fsp3) is 0.375. The van der Waals surface area contributed by atoms with Crippen LogP contribution < -0.4 is 0 Å². The van der Waals surface area contributed by atoms with Crippen molar-refractivity contribution in [3.05, 3.63) is 21.9 Å². The van der Waals surface area contributed by atoms with Gasteiger partial charge in [-0.1, -0.05) is 0 Å². The summed E-state index contributed by atoms with van der Waals surface area (Å²) >= 11 is 1.71. The summed E-state index contributed by atoms with van der Waals surface area (Å²) in [6.45, 7) is 2.62. The lowest BCUT2D eigenvalue weighted by molar-refractivity contribution is 0.563. The number of isocyanates is 1. The van der Waals surface area contributed by atoms with E-state index < -0.39 is 0 Å². The fourth-order valence-electron chi connectivity index (χ4n) is 0.833. The Labute approximate surface area is 69.6 Å². The van der Waals surface area contributed by atoms with Gasteiger partial charge in [-0.2, -0.15) is 0 Å². The summed E-state index contributed by atoms with van der Waals surface area (Å²) in [6, 6.07) is 2.12. The maximum Gasteiger partial charge on any atom is 0.234 e. The predicted octanol–water partition coefficient (Wildman–Crippen LogP) is 1.93. The monoisotopic (exact) mass is 167 g/mol. The second-order valence-electron chi connectivity index (χ2n) is 2.31. The molecule has 0 N–H and O–H groups in total. The average Bonchev–Trinajstić information content (AvgIpc) is 2.37. The van der Waals surface area contributed by atoms with Gasteiger partial charge < -0.3 is 0 Å². The lowest BCUT2D eigenvalue weighted by Crippen LogP contribution is -1.83. The maximum atomic E-state index is 9.71. The van der Waals surface area contributed by atoms with Gasteiger partial charge in [-0.05, 0) is 23.9 Å². The molecule has 3 heteroatoms. The van der Waals surface area contributed by atoms with Crippen molar-refractivity contribution in [1.82, 2.24) is 0 Å². The quantitative estimate of drug-likeness (QED) is 0.499. The van der Waals surface area contributed by atoms with E-state index in [-0.39, 0.29) is 0 Å². The summed E-state index contributed by atoms with van der Waals surface area (Å²) in [5.74, 6) is 0. The van der Waals surface area contributed by atoms with Gasteiger partial charge in [-0.15, -0.1) is 11.3 Å². The van der Waals surface area contributed by atoms with Crippen LogP contribution >= 0.6 is 11.3 Å². The number of nitrogens with zero attached hydrogens (tertiary/aromatic N) is 1. The van der Waals surface area contributed by atoms with Gasteiger partial charge in [0.2, 0.25) is 6.08 Å². The van der Waals surface area contributed by atoms with Crippen molar-refractivity contribution in [2.45, 2.75) is 13.3 Å². The molecule has 0 aliphatic heterocycles. The van der Waals surface area contributed by atoms with Crippen molar-refractivity contribution in [2.75, 3.05) is 6.54 Å². The number of aliphatic imine (C=N–C) groups is 1. The standard InChI is InChI=1S/C8H9NOS/c1-7-4-8(11-5-7)2-3-9-6-10/h4-5H,2-3H2,1H3. The number of carbonyl (C=O) groups excluding carboxylic acids is 1. The first-order valence-corrected chi connectivity index (χ1v) is 4.28. The van der Waals surface area contributed by atoms with Gasteiger partial charge in [0.1, 0.15) is 0 Å². The molecule has 0 bridgehead atoms. The highest BCUT2D eigenvalue weighted by molar-refractivity contribution is 7.10. The summed E-state index contributed by atoms with van der Waals surface area (Å²) in [4.78, 5) is 14.5. The zero-order chi connectivity index (χ0) is 8.10. The van der Waals surface area contributed by atoms with Crippen molar-refractivity contribution >= 4 is 17.4 Å². The fourth-order valence-corrected chi connectivity index (χ4v) is 1.70. The molecule has 1 aromatic rings. The zero-order valence-corrected chi connectivity index (χ0v) is 7.15. The largest absolute Gasteiger partial charge is 0.234 e. The van der Waals surface area contributed by atoms with E-state index in [0.29, 0.717) is 6.54 Å². The highest BCUT2D eigenvalue weighted by Gasteiger charge is 1.94. The zero-order valence-electron chi connectivity index (χ0n) is 6.33. The third-order valence-electron chi connectivity index (χ3n) is 1.32. The van der Waals surface area contributed by atoms with Crippen LogP contribution in [0.25, 0.3) is 0 Å². The Hall–Kier alpha value is -0.920. The molecule has 0 spiro atoms. The number of aryl methyl sites for hydroxylation is 1. The van der Waals surface area contributed by atoms with E-state index in [2.05, 4.69) is 23.4 Å². The summed E-state index contributed by atoms with van der Waals surface area (Å²) in [7, 11) is 0. The van der Waals surface area contributed by atoms with E-state index >= 15 is 0 Å². The minimum Gasteiger partial charge on any atom is -0.211 e. The summed E-state index contributed by atoms with van der Waals surface area (Å²) < 4.78 is 0. The summed E-state index contributed by atoms with van der Waals surface area (Å²) in [5.41, 5.74) is 1.28. The van der Waals surface area contributed by atoms with Crippen molar-refractivity contribution in [2.24, 2.45) is 4.99 Å². The Kier molecular flexibility index (Phi) is 3.02. The second-order valence-corrected chi connectivity index (χ2v) is 3.31. The van der Waals surface area contributed by atoms with Crippen LogP contribution in [-0.4, -0.2) is 12.6 Å². The van der Waals surface area contributed by atoms with Gasteiger partial charge in [0, 0.05) is 11.3 Å². The van der Waals surface area contributed by atoms with Gasteiger partial charge >= 0.3 is 0 Å². The van der Waals surface area contributed by atoms with Crippen molar-refractivity contribution < 1.29 is 4.79 Å². The number of thiophene rings is 1. The summed E-state index contributed by atoms with van der Waals surface area (Å²) in [6.07, 6.45) is 2.38. The SMILES string of the molecule is Cc1csc(CCN=C=O)c1. The second kappa shape index (κ2) is 4.06. The molecule has 1 rings (SSSR count). The van der Waals surface area contributed by atoms with E-state index in [1.807, 2.05) is 0 Å². The molecule has 0 atom stereocenters. The van der Waals surface area contributed by atoms with E-state index in [4.69, 9.17) is 0 Å². The molecule has 1 aromatic heterocycles. The molecule has 0 fully saturated rings. The van der Waals surface area contributed by atoms with Gasteiger partial charge in [0.25, 0.3) is 0 Å². The van der Waals surface area contributed by atoms with E-state index in [1.54, 1.807) is 11.3 Å². The van der Waals surface area contributed by atoms with Crippen LogP contribution in [0.3, 0.4) is 0 Å². The topological polar surface area (TPSA) is 29.4 Å². The van der Waals surface area contributed by atoms with Crippen molar-refractivity contribution in [1.29, 1.82) is 0 Å². The minimum absolute atomic E-state index is 0.559. The van der Waals surface area contributed by atoms with Gasteiger partial charge in [0.15, 0.2) is 0 Å². The van der Waals surface area contributed by atoms with Crippen molar-refractivity contribution in [3.8, 4) is 0 Å². The molecule has 0 saturated carbocycles. The number of hydrogen-bond donors (Lipinski definition) is 0. The van der Waals surface area contributed by atoms with Crippen LogP contribution in [-0.2, 0) is 11.2 Å². The molecule has 0 radical (unpaired) electrons. The maximum absolute atomic E-state index is 9.71. The normalized spacial score (nSPS) is 9.18. The minimum atomic E-state index is 0.559.